The summed E-state index contributed by atoms with van der Waals surface area (Å²) in [5.41, 5.74) is 2.47. The maximum atomic E-state index is 11.5. The van der Waals surface area contributed by atoms with Gasteiger partial charge in [-0.2, -0.15) is 0 Å². The van der Waals surface area contributed by atoms with Crippen LogP contribution in [0.15, 0.2) is 29.3 Å². The number of aryl methyl sites for hydroxylation is 1. The summed E-state index contributed by atoms with van der Waals surface area (Å²) in [6.07, 6.45) is 0.0470. The van der Waals surface area contributed by atoms with Crippen LogP contribution in [0.25, 0.3) is 0 Å². The molecular formula is C19H30N4O3S. The average Bonchev–Trinajstić information content (AvgIpc) is 2.67. The van der Waals surface area contributed by atoms with Crippen molar-refractivity contribution in [2.75, 3.05) is 64.4 Å². The Kier molecular flexibility index (Phi) is 6.73. The van der Waals surface area contributed by atoms with Crippen LogP contribution in [0.1, 0.15) is 17.2 Å². The van der Waals surface area contributed by atoms with E-state index >= 15 is 0 Å². The molecule has 0 spiro atoms. The van der Waals surface area contributed by atoms with Crippen molar-refractivity contribution in [3.05, 3.63) is 35.4 Å². The standard InChI is InChI=1S/C19H30N4O3S/c1-16-5-3-4-6-17(16)18-15-23(9-12-26-18)19(20-2)21-7-8-22-10-13-27(24,25)14-11-22/h3-6,18H,7-15H2,1-2H3,(H,20,21). The third kappa shape index (κ3) is 5.43. The highest BCUT2D eigenvalue weighted by Crippen LogP contribution is 2.24. The zero-order valence-corrected chi connectivity index (χ0v) is 17.0. The monoisotopic (exact) mass is 394 g/mol. The predicted molar refractivity (Wildman–Crippen MR) is 108 cm³/mol. The summed E-state index contributed by atoms with van der Waals surface area (Å²) in [7, 11) is -1.02. The fraction of sp³-hybridized carbons (Fsp3) is 0.632. The molecule has 7 nitrogen and oxygen atoms in total. The van der Waals surface area contributed by atoms with Crippen molar-refractivity contribution in [1.82, 2.24) is 15.1 Å². The van der Waals surface area contributed by atoms with E-state index in [0.29, 0.717) is 19.7 Å². The van der Waals surface area contributed by atoms with E-state index < -0.39 is 9.84 Å². The van der Waals surface area contributed by atoms with Crippen LogP contribution in [0.3, 0.4) is 0 Å². The smallest absolute Gasteiger partial charge is 0.193 e. The highest BCUT2D eigenvalue weighted by Gasteiger charge is 2.25. The van der Waals surface area contributed by atoms with Gasteiger partial charge < -0.3 is 15.0 Å². The van der Waals surface area contributed by atoms with E-state index in [9.17, 15) is 8.42 Å². The summed E-state index contributed by atoms with van der Waals surface area (Å²) in [5.74, 6) is 1.41. The Morgan fingerprint density at radius 1 is 1.26 bits per heavy atom. The lowest BCUT2D eigenvalue weighted by atomic mass is 10.0. The van der Waals surface area contributed by atoms with Crippen molar-refractivity contribution in [2.24, 2.45) is 4.99 Å². The number of guanidine groups is 1. The Bertz CT molecular complexity index is 752. The van der Waals surface area contributed by atoms with Crippen LogP contribution < -0.4 is 5.32 Å². The zero-order valence-electron chi connectivity index (χ0n) is 16.2. The average molecular weight is 395 g/mol. The summed E-state index contributed by atoms with van der Waals surface area (Å²) < 4.78 is 29.0. The number of hydrogen-bond acceptors (Lipinski definition) is 5. The van der Waals surface area contributed by atoms with Crippen LogP contribution in [-0.2, 0) is 14.6 Å². The summed E-state index contributed by atoms with van der Waals surface area (Å²) in [4.78, 5) is 8.86. The minimum absolute atomic E-state index is 0.0470. The normalized spacial score (nSPS) is 24.0. The molecule has 2 fully saturated rings. The molecule has 2 aliphatic heterocycles. The summed E-state index contributed by atoms with van der Waals surface area (Å²) in [5, 5.41) is 3.42. The first-order valence-electron chi connectivity index (χ1n) is 9.54. The van der Waals surface area contributed by atoms with Crippen molar-refractivity contribution in [3.63, 3.8) is 0 Å². The Morgan fingerprint density at radius 3 is 2.70 bits per heavy atom. The van der Waals surface area contributed by atoms with Gasteiger partial charge in [0.05, 0.1) is 24.7 Å². The third-order valence-corrected chi connectivity index (χ3v) is 6.87. The van der Waals surface area contributed by atoms with Crippen molar-refractivity contribution in [2.45, 2.75) is 13.0 Å². The number of nitrogens with zero attached hydrogens (tertiary/aromatic N) is 3. The first kappa shape index (κ1) is 20.1. The molecule has 1 aromatic rings. The number of hydrogen-bond donors (Lipinski definition) is 1. The van der Waals surface area contributed by atoms with Gasteiger partial charge in [0.2, 0.25) is 0 Å². The second-order valence-electron chi connectivity index (χ2n) is 7.13. The molecule has 0 amide bonds. The maximum Gasteiger partial charge on any atom is 0.193 e. The van der Waals surface area contributed by atoms with Gasteiger partial charge in [0.1, 0.15) is 6.10 Å². The van der Waals surface area contributed by atoms with Crippen molar-refractivity contribution >= 4 is 15.8 Å². The van der Waals surface area contributed by atoms with Crippen LogP contribution in [0.5, 0.6) is 0 Å². The van der Waals surface area contributed by atoms with E-state index in [2.05, 4.69) is 45.2 Å². The van der Waals surface area contributed by atoms with Gasteiger partial charge in [0.25, 0.3) is 0 Å². The molecule has 27 heavy (non-hydrogen) atoms. The number of aliphatic imine (C=N–C) groups is 1. The quantitative estimate of drug-likeness (QED) is 0.598. The number of rotatable bonds is 4. The predicted octanol–water partition coefficient (Wildman–Crippen LogP) is 0.674. The fourth-order valence-corrected chi connectivity index (χ4v) is 4.89. The van der Waals surface area contributed by atoms with Gasteiger partial charge in [-0.05, 0) is 18.1 Å². The lowest BCUT2D eigenvalue weighted by Crippen LogP contribution is -2.50. The molecule has 8 heteroatoms. The molecule has 2 saturated heterocycles. The topological polar surface area (TPSA) is 74.2 Å². The lowest BCUT2D eigenvalue weighted by Gasteiger charge is -2.36. The van der Waals surface area contributed by atoms with E-state index in [0.717, 1.165) is 32.1 Å². The van der Waals surface area contributed by atoms with Crippen LogP contribution in [0.2, 0.25) is 0 Å². The zero-order chi connectivity index (χ0) is 19.3. The molecule has 1 N–H and O–H groups in total. The summed E-state index contributed by atoms with van der Waals surface area (Å²) >= 11 is 0. The van der Waals surface area contributed by atoms with Crippen LogP contribution in [0, 0.1) is 6.92 Å². The van der Waals surface area contributed by atoms with Gasteiger partial charge in [0.15, 0.2) is 15.8 Å². The number of ether oxygens (including phenoxy) is 1. The molecule has 1 unspecified atom stereocenters. The largest absolute Gasteiger partial charge is 0.370 e. The number of nitrogens with one attached hydrogen (secondary N) is 1. The Balaban J connectivity index is 1.51. The first-order valence-corrected chi connectivity index (χ1v) is 11.4. The molecule has 2 aliphatic rings. The number of morpholine rings is 1. The van der Waals surface area contributed by atoms with Gasteiger partial charge in [-0.25, -0.2) is 8.42 Å². The highest BCUT2D eigenvalue weighted by molar-refractivity contribution is 7.91. The Morgan fingerprint density at radius 2 is 2.00 bits per heavy atom. The van der Waals surface area contributed by atoms with Gasteiger partial charge in [0, 0.05) is 39.8 Å². The first-order chi connectivity index (χ1) is 13.0. The molecule has 2 heterocycles. The minimum atomic E-state index is -2.82. The van der Waals surface area contributed by atoms with Crippen molar-refractivity contribution < 1.29 is 13.2 Å². The summed E-state index contributed by atoms with van der Waals surface area (Å²) in [6, 6.07) is 8.34. The number of sulfone groups is 1. The molecule has 150 valence electrons. The van der Waals surface area contributed by atoms with E-state index in [1.165, 1.54) is 11.1 Å². The van der Waals surface area contributed by atoms with E-state index in [4.69, 9.17) is 4.74 Å². The molecule has 1 atom stereocenters. The molecule has 0 bridgehead atoms. The molecule has 0 radical (unpaired) electrons. The van der Waals surface area contributed by atoms with Crippen LogP contribution in [-0.4, -0.2) is 88.6 Å². The minimum Gasteiger partial charge on any atom is -0.370 e. The molecule has 1 aromatic carbocycles. The molecule has 0 aromatic heterocycles. The van der Waals surface area contributed by atoms with Gasteiger partial charge in [-0.3, -0.25) is 9.89 Å². The second-order valence-corrected chi connectivity index (χ2v) is 9.43. The highest BCUT2D eigenvalue weighted by atomic mass is 32.2. The third-order valence-electron chi connectivity index (χ3n) is 5.26. The molecule has 3 rings (SSSR count). The maximum absolute atomic E-state index is 11.5. The molecule has 0 aliphatic carbocycles. The second kappa shape index (κ2) is 9.03. The fourth-order valence-electron chi connectivity index (χ4n) is 3.61. The molecule has 0 saturated carbocycles. The van der Waals surface area contributed by atoms with Crippen LogP contribution in [0.4, 0.5) is 0 Å². The van der Waals surface area contributed by atoms with E-state index in [-0.39, 0.29) is 17.6 Å². The van der Waals surface area contributed by atoms with E-state index in [1.807, 2.05) is 6.07 Å². The molecular weight excluding hydrogens is 364 g/mol. The Hall–Kier alpha value is -1.64. The van der Waals surface area contributed by atoms with E-state index in [1.54, 1.807) is 7.05 Å². The van der Waals surface area contributed by atoms with Gasteiger partial charge in [-0.1, -0.05) is 24.3 Å². The van der Waals surface area contributed by atoms with Crippen molar-refractivity contribution in [3.8, 4) is 0 Å². The SMILES string of the molecule is CN=C(NCCN1CCS(=O)(=O)CC1)N1CCOC(c2ccccc2C)C1. The summed E-state index contributed by atoms with van der Waals surface area (Å²) in [6.45, 7) is 7.17. The number of benzene rings is 1. The lowest BCUT2D eigenvalue weighted by molar-refractivity contribution is -0.00833. The Labute approximate surface area is 162 Å². The van der Waals surface area contributed by atoms with Gasteiger partial charge >= 0.3 is 0 Å². The van der Waals surface area contributed by atoms with Crippen molar-refractivity contribution in [1.29, 1.82) is 0 Å². The van der Waals surface area contributed by atoms with Gasteiger partial charge in [-0.15, -0.1) is 0 Å². The van der Waals surface area contributed by atoms with Crippen LogP contribution >= 0.6 is 0 Å².